The van der Waals surface area contributed by atoms with Crippen molar-refractivity contribution in [1.29, 1.82) is 0 Å². The van der Waals surface area contributed by atoms with E-state index < -0.39 is 0 Å². The fraction of sp³-hybridized carbons (Fsp3) is 0.350. The number of nitrogens with one attached hydrogen (secondary N) is 1. The Morgan fingerprint density at radius 2 is 1.48 bits per heavy atom. The largest absolute Gasteiger partial charge is 0.378 e. The summed E-state index contributed by atoms with van der Waals surface area (Å²) in [6.45, 7) is 2.73. The zero-order chi connectivity index (χ0) is 16.7. The lowest BCUT2D eigenvalue weighted by Crippen LogP contribution is -2.23. The second kappa shape index (κ2) is 8.37. The molecule has 3 nitrogen and oxygen atoms in total. The summed E-state index contributed by atoms with van der Waals surface area (Å²) >= 11 is 0. The van der Waals surface area contributed by atoms with E-state index in [1.54, 1.807) is 0 Å². The first-order valence-corrected chi connectivity index (χ1v) is 8.19. The maximum atomic E-state index is 12.0. The first-order valence-electron chi connectivity index (χ1n) is 8.19. The Hall–Kier alpha value is -2.29. The van der Waals surface area contributed by atoms with Crippen LogP contribution in [0.3, 0.4) is 0 Å². The van der Waals surface area contributed by atoms with Crippen molar-refractivity contribution >= 4 is 11.6 Å². The van der Waals surface area contributed by atoms with Gasteiger partial charge in [0.05, 0.1) is 0 Å². The molecule has 0 radical (unpaired) electrons. The molecule has 0 bridgehead atoms. The molecule has 2 aromatic carbocycles. The molecule has 0 aliphatic carbocycles. The van der Waals surface area contributed by atoms with Gasteiger partial charge in [0, 0.05) is 32.7 Å². The second-order valence-corrected chi connectivity index (χ2v) is 6.01. The van der Waals surface area contributed by atoms with Gasteiger partial charge >= 0.3 is 0 Å². The van der Waals surface area contributed by atoms with Crippen molar-refractivity contribution in [2.24, 2.45) is 0 Å². The Morgan fingerprint density at radius 1 is 0.913 bits per heavy atom. The van der Waals surface area contributed by atoms with Crippen molar-refractivity contribution in [1.82, 2.24) is 5.32 Å². The van der Waals surface area contributed by atoms with E-state index in [1.165, 1.54) is 11.1 Å². The van der Waals surface area contributed by atoms with Gasteiger partial charge in [-0.05, 0) is 41.7 Å². The van der Waals surface area contributed by atoms with Gasteiger partial charge in [0.2, 0.25) is 5.91 Å². The topological polar surface area (TPSA) is 32.3 Å². The molecular formula is C20H26N2O. The number of benzene rings is 2. The fourth-order valence-electron chi connectivity index (χ4n) is 2.40. The number of rotatable bonds is 7. The van der Waals surface area contributed by atoms with E-state index in [0.29, 0.717) is 13.0 Å². The molecule has 0 aliphatic heterocycles. The molecule has 3 heteroatoms. The van der Waals surface area contributed by atoms with Crippen molar-refractivity contribution in [2.75, 3.05) is 19.0 Å². The molecule has 1 N–H and O–H groups in total. The van der Waals surface area contributed by atoms with E-state index in [0.717, 1.165) is 24.1 Å². The van der Waals surface area contributed by atoms with E-state index in [4.69, 9.17) is 0 Å². The van der Waals surface area contributed by atoms with Crippen LogP contribution >= 0.6 is 0 Å². The van der Waals surface area contributed by atoms with Crippen LogP contribution in [-0.4, -0.2) is 20.0 Å². The number of aryl methyl sites for hydroxylation is 2. The van der Waals surface area contributed by atoms with Gasteiger partial charge in [0.25, 0.3) is 0 Å². The number of hydrogen-bond acceptors (Lipinski definition) is 2. The van der Waals surface area contributed by atoms with Crippen LogP contribution in [-0.2, 0) is 24.2 Å². The fourth-order valence-corrected chi connectivity index (χ4v) is 2.40. The molecule has 0 fully saturated rings. The minimum atomic E-state index is 0.0984. The molecule has 2 aromatic rings. The molecule has 0 heterocycles. The summed E-state index contributed by atoms with van der Waals surface area (Å²) in [5.41, 5.74) is 4.83. The monoisotopic (exact) mass is 310 g/mol. The van der Waals surface area contributed by atoms with Crippen molar-refractivity contribution in [3.05, 3.63) is 65.2 Å². The normalized spacial score (nSPS) is 10.4. The number of anilines is 1. The van der Waals surface area contributed by atoms with Crippen molar-refractivity contribution in [2.45, 2.75) is 32.7 Å². The van der Waals surface area contributed by atoms with E-state index >= 15 is 0 Å². The lowest BCUT2D eigenvalue weighted by atomic mass is 10.1. The van der Waals surface area contributed by atoms with Crippen molar-refractivity contribution in [3.63, 3.8) is 0 Å². The van der Waals surface area contributed by atoms with Crippen molar-refractivity contribution < 1.29 is 4.79 Å². The van der Waals surface area contributed by atoms with Gasteiger partial charge in [-0.1, -0.05) is 43.3 Å². The summed E-state index contributed by atoms with van der Waals surface area (Å²) < 4.78 is 0. The predicted molar refractivity (Wildman–Crippen MR) is 96.8 cm³/mol. The SMILES string of the molecule is CCc1ccc(CCC(=O)NCc2ccc(N(C)C)cc2)cc1. The van der Waals surface area contributed by atoms with Crippen LogP contribution in [0.1, 0.15) is 30.0 Å². The minimum absolute atomic E-state index is 0.0984. The first kappa shape index (κ1) is 17.1. The highest BCUT2D eigenvalue weighted by molar-refractivity contribution is 5.76. The molecule has 0 atom stereocenters. The number of carbonyl (C=O) groups is 1. The molecule has 2 rings (SSSR count). The molecule has 0 unspecified atom stereocenters. The molecule has 23 heavy (non-hydrogen) atoms. The predicted octanol–water partition coefficient (Wildman–Crippen LogP) is 3.56. The third-order valence-electron chi connectivity index (χ3n) is 4.01. The standard InChI is InChI=1S/C20H26N2O/c1-4-16-5-7-17(8-6-16)11-14-20(23)21-15-18-9-12-19(13-10-18)22(2)3/h5-10,12-13H,4,11,14-15H2,1-3H3,(H,21,23). The Morgan fingerprint density at radius 3 is 2.04 bits per heavy atom. The number of nitrogens with zero attached hydrogens (tertiary/aromatic N) is 1. The maximum absolute atomic E-state index is 12.0. The second-order valence-electron chi connectivity index (χ2n) is 6.01. The summed E-state index contributed by atoms with van der Waals surface area (Å²) in [6.07, 6.45) is 2.37. The van der Waals surface area contributed by atoms with Crippen LogP contribution in [0.5, 0.6) is 0 Å². The molecule has 0 aromatic heterocycles. The summed E-state index contributed by atoms with van der Waals surface area (Å²) in [5.74, 6) is 0.0984. The minimum Gasteiger partial charge on any atom is -0.378 e. The van der Waals surface area contributed by atoms with Gasteiger partial charge in [0.15, 0.2) is 0 Å². The van der Waals surface area contributed by atoms with E-state index in [2.05, 4.69) is 65.7 Å². The molecule has 0 spiro atoms. The Kier molecular flexibility index (Phi) is 6.21. The van der Waals surface area contributed by atoms with E-state index in [-0.39, 0.29) is 5.91 Å². The Balaban J connectivity index is 1.76. The van der Waals surface area contributed by atoms with Gasteiger partial charge in [-0.25, -0.2) is 0 Å². The summed E-state index contributed by atoms with van der Waals surface area (Å²) in [5, 5.41) is 2.99. The number of hydrogen-bond donors (Lipinski definition) is 1. The summed E-state index contributed by atoms with van der Waals surface area (Å²) in [4.78, 5) is 14.0. The molecule has 0 saturated carbocycles. The van der Waals surface area contributed by atoms with Crippen LogP contribution in [0.4, 0.5) is 5.69 Å². The summed E-state index contributed by atoms with van der Waals surface area (Å²) in [6, 6.07) is 16.8. The quantitative estimate of drug-likeness (QED) is 0.848. The maximum Gasteiger partial charge on any atom is 0.220 e. The van der Waals surface area contributed by atoms with Gasteiger partial charge in [-0.3, -0.25) is 4.79 Å². The highest BCUT2D eigenvalue weighted by Crippen LogP contribution is 2.12. The van der Waals surface area contributed by atoms with Crippen LogP contribution in [0.2, 0.25) is 0 Å². The summed E-state index contributed by atoms with van der Waals surface area (Å²) in [7, 11) is 4.04. The average molecular weight is 310 g/mol. The highest BCUT2D eigenvalue weighted by Gasteiger charge is 2.03. The van der Waals surface area contributed by atoms with Crippen LogP contribution in [0, 0.1) is 0 Å². The number of amides is 1. The smallest absolute Gasteiger partial charge is 0.220 e. The number of carbonyl (C=O) groups excluding carboxylic acids is 1. The molecule has 122 valence electrons. The molecular weight excluding hydrogens is 284 g/mol. The lowest BCUT2D eigenvalue weighted by Gasteiger charge is -2.13. The lowest BCUT2D eigenvalue weighted by molar-refractivity contribution is -0.121. The molecule has 1 amide bonds. The van der Waals surface area contributed by atoms with E-state index in [9.17, 15) is 4.79 Å². The average Bonchev–Trinajstić information content (AvgIpc) is 2.59. The van der Waals surface area contributed by atoms with Gasteiger partial charge in [0.1, 0.15) is 0 Å². The third kappa shape index (κ3) is 5.44. The van der Waals surface area contributed by atoms with E-state index in [1.807, 2.05) is 14.1 Å². The van der Waals surface area contributed by atoms with Crippen LogP contribution in [0.15, 0.2) is 48.5 Å². The Bertz CT molecular complexity index is 615. The van der Waals surface area contributed by atoms with Crippen LogP contribution < -0.4 is 10.2 Å². The third-order valence-corrected chi connectivity index (χ3v) is 4.01. The highest BCUT2D eigenvalue weighted by atomic mass is 16.1. The van der Waals surface area contributed by atoms with Crippen molar-refractivity contribution in [3.8, 4) is 0 Å². The molecule has 0 saturated heterocycles. The zero-order valence-electron chi connectivity index (χ0n) is 14.3. The van der Waals surface area contributed by atoms with Gasteiger partial charge in [-0.15, -0.1) is 0 Å². The molecule has 0 aliphatic rings. The van der Waals surface area contributed by atoms with Crippen LogP contribution in [0.25, 0.3) is 0 Å². The zero-order valence-corrected chi connectivity index (χ0v) is 14.3. The first-order chi connectivity index (χ1) is 11.1. The van der Waals surface area contributed by atoms with Gasteiger partial charge < -0.3 is 10.2 Å². The Labute approximate surface area is 139 Å². The van der Waals surface area contributed by atoms with Gasteiger partial charge in [-0.2, -0.15) is 0 Å².